The lowest BCUT2D eigenvalue weighted by Crippen LogP contribution is -2.46. The van der Waals surface area contributed by atoms with Crippen LogP contribution in [0.4, 0.5) is 13.2 Å². The molecule has 32 heavy (non-hydrogen) atoms. The van der Waals surface area contributed by atoms with Crippen LogP contribution in [0.1, 0.15) is 28.8 Å². The Morgan fingerprint density at radius 1 is 1.25 bits per heavy atom. The van der Waals surface area contributed by atoms with Crippen molar-refractivity contribution in [3.63, 3.8) is 0 Å². The van der Waals surface area contributed by atoms with Crippen LogP contribution in [0.15, 0.2) is 53.9 Å². The van der Waals surface area contributed by atoms with E-state index in [9.17, 15) is 18.0 Å². The van der Waals surface area contributed by atoms with E-state index in [1.54, 1.807) is 23.2 Å². The van der Waals surface area contributed by atoms with E-state index in [4.69, 9.17) is 10.1 Å². The maximum absolute atomic E-state index is 12.4. The Balaban J connectivity index is 1.40. The molecule has 9 heteroatoms. The van der Waals surface area contributed by atoms with E-state index < -0.39 is 11.9 Å². The summed E-state index contributed by atoms with van der Waals surface area (Å²) in [6, 6.07) is 9.20. The standard InChI is InChI=1S/C23H21F3N4O2/c1-15(28-13-21(27)23(24,25)26)30-8-6-22(7-9-30)11-18-10-19(29-12-20(18)32-22)17-4-2-16(14-31)3-5-17/h2-5,10,12-14,27H,1,6-9,11H2/b27-21?,28-13-. The number of aldehydes is 1. The Hall–Kier alpha value is -3.49. The number of nitrogens with zero attached hydrogens (tertiary/aromatic N) is 3. The largest absolute Gasteiger partial charge is 0.485 e. The third-order valence-electron chi connectivity index (χ3n) is 5.82. The normalized spacial score (nSPS) is 17.3. The van der Waals surface area contributed by atoms with E-state index in [0.717, 1.165) is 28.9 Å². The zero-order chi connectivity index (χ0) is 22.9. The molecule has 2 aliphatic heterocycles. The fraction of sp³-hybridized carbons (Fsp3) is 0.304. The third kappa shape index (κ3) is 4.42. The molecule has 1 aromatic carbocycles. The third-order valence-corrected chi connectivity index (χ3v) is 5.82. The van der Waals surface area contributed by atoms with Gasteiger partial charge in [0.2, 0.25) is 0 Å². The summed E-state index contributed by atoms with van der Waals surface area (Å²) in [5.41, 5.74) is 1.47. The smallest absolute Gasteiger partial charge is 0.434 e. The van der Waals surface area contributed by atoms with Gasteiger partial charge in [0, 0.05) is 49.0 Å². The fourth-order valence-corrected chi connectivity index (χ4v) is 3.97. The number of fused-ring (bicyclic) bond motifs is 1. The number of aliphatic imine (C=N–C) groups is 1. The molecule has 0 aliphatic carbocycles. The summed E-state index contributed by atoms with van der Waals surface area (Å²) in [4.78, 5) is 20.9. The minimum atomic E-state index is -4.72. The molecule has 4 rings (SSSR count). The van der Waals surface area contributed by atoms with Gasteiger partial charge in [-0.05, 0) is 6.07 Å². The van der Waals surface area contributed by atoms with Crippen molar-refractivity contribution < 1.29 is 22.7 Å². The van der Waals surface area contributed by atoms with Gasteiger partial charge in [0.05, 0.1) is 18.1 Å². The second kappa shape index (κ2) is 8.22. The van der Waals surface area contributed by atoms with E-state index in [2.05, 4.69) is 16.6 Å². The Morgan fingerprint density at radius 3 is 2.56 bits per heavy atom. The van der Waals surface area contributed by atoms with Crippen LogP contribution in [0.2, 0.25) is 0 Å². The highest BCUT2D eigenvalue weighted by molar-refractivity contribution is 6.31. The van der Waals surface area contributed by atoms with Crippen molar-refractivity contribution in [1.82, 2.24) is 9.88 Å². The van der Waals surface area contributed by atoms with Crippen molar-refractivity contribution in [3.8, 4) is 17.0 Å². The lowest BCUT2D eigenvalue weighted by molar-refractivity contribution is -0.0571. The summed E-state index contributed by atoms with van der Waals surface area (Å²) in [6.45, 7) is 4.81. The summed E-state index contributed by atoms with van der Waals surface area (Å²) in [6.07, 6.45) is 0.320. The number of carbonyl (C=O) groups excluding carboxylic acids is 1. The quantitative estimate of drug-likeness (QED) is 0.548. The molecule has 0 saturated carbocycles. The molecule has 1 fully saturated rings. The molecule has 1 saturated heterocycles. The molecule has 0 atom stereocenters. The summed E-state index contributed by atoms with van der Waals surface area (Å²) in [5.74, 6) is 0.939. The molecule has 1 N–H and O–H groups in total. The topological polar surface area (TPSA) is 78.6 Å². The molecule has 0 unspecified atom stereocenters. The van der Waals surface area contributed by atoms with Crippen molar-refractivity contribution in [2.75, 3.05) is 13.1 Å². The van der Waals surface area contributed by atoms with E-state index in [0.29, 0.717) is 44.1 Å². The number of ether oxygens (including phenoxy) is 1. The number of carbonyl (C=O) groups is 1. The van der Waals surface area contributed by atoms with Gasteiger partial charge < -0.3 is 9.64 Å². The number of hydrogen-bond donors (Lipinski definition) is 1. The van der Waals surface area contributed by atoms with Gasteiger partial charge in [-0.1, -0.05) is 30.8 Å². The molecular formula is C23H21F3N4O2. The maximum atomic E-state index is 12.4. The van der Waals surface area contributed by atoms with Crippen LogP contribution >= 0.6 is 0 Å². The molecule has 1 spiro atoms. The number of pyridine rings is 1. The zero-order valence-electron chi connectivity index (χ0n) is 17.2. The van der Waals surface area contributed by atoms with Crippen molar-refractivity contribution in [2.24, 2.45) is 4.99 Å². The predicted octanol–water partition coefficient (Wildman–Crippen LogP) is 4.45. The minimum Gasteiger partial charge on any atom is -0.485 e. The van der Waals surface area contributed by atoms with Gasteiger partial charge in [-0.15, -0.1) is 0 Å². The number of hydrogen-bond acceptors (Lipinski definition) is 6. The first-order valence-corrected chi connectivity index (χ1v) is 10.1. The lowest BCUT2D eigenvalue weighted by Gasteiger charge is -2.39. The van der Waals surface area contributed by atoms with Crippen molar-refractivity contribution in [3.05, 3.63) is 60.1 Å². The number of alkyl halides is 3. The van der Waals surface area contributed by atoms with Crippen LogP contribution in [0, 0.1) is 5.41 Å². The minimum absolute atomic E-state index is 0.201. The summed E-state index contributed by atoms with van der Waals surface area (Å²) in [7, 11) is 0. The van der Waals surface area contributed by atoms with Gasteiger partial charge in [-0.3, -0.25) is 15.2 Å². The summed E-state index contributed by atoms with van der Waals surface area (Å²) < 4.78 is 43.6. The van der Waals surface area contributed by atoms with Crippen LogP contribution in [0.5, 0.6) is 5.75 Å². The van der Waals surface area contributed by atoms with E-state index >= 15 is 0 Å². The highest BCUT2D eigenvalue weighted by Crippen LogP contribution is 2.42. The Labute approximate surface area is 182 Å². The number of aromatic nitrogens is 1. The molecule has 0 amide bonds. The second-order valence-corrected chi connectivity index (χ2v) is 7.95. The van der Waals surface area contributed by atoms with Gasteiger partial charge in [0.15, 0.2) is 5.71 Å². The van der Waals surface area contributed by atoms with Gasteiger partial charge >= 0.3 is 6.18 Å². The van der Waals surface area contributed by atoms with Gasteiger partial charge in [-0.2, -0.15) is 13.2 Å². The summed E-state index contributed by atoms with van der Waals surface area (Å²) >= 11 is 0. The highest BCUT2D eigenvalue weighted by atomic mass is 19.4. The number of benzene rings is 1. The first-order valence-electron chi connectivity index (χ1n) is 10.1. The lowest BCUT2D eigenvalue weighted by atomic mass is 9.87. The van der Waals surface area contributed by atoms with Crippen LogP contribution in [-0.4, -0.2) is 53.0 Å². The molecule has 6 nitrogen and oxygen atoms in total. The van der Waals surface area contributed by atoms with E-state index in [1.165, 1.54) is 0 Å². The van der Waals surface area contributed by atoms with Crippen LogP contribution in [0.3, 0.4) is 0 Å². The zero-order valence-corrected chi connectivity index (χ0v) is 17.2. The van der Waals surface area contributed by atoms with Crippen LogP contribution in [0.25, 0.3) is 11.3 Å². The van der Waals surface area contributed by atoms with E-state index in [-0.39, 0.29) is 11.4 Å². The highest BCUT2D eigenvalue weighted by Gasteiger charge is 2.42. The first-order chi connectivity index (χ1) is 15.2. The maximum Gasteiger partial charge on any atom is 0.434 e. The van der Waals surface area contributed by atoms with Crippen LogP contribution < -0.4 is 4.74 Å². The average Bonchev–Trinajstić information content (AvgIpc) is 3.13. The molecule has 3 heterocycles. The molecule has 0 bridgehead atoms. The molecule has 1 aromatic heterocycles. The molecule has 0 radical (unpaired) electrons. The molecule has 166 valence electrons. The SMILES string of the molecule is C=C(/N=C\C(=N)C(F)(F)F)N1CCC2(CC1)Cc1cc(-c3ccc(C=O)cc3)ncc1O2. The van der Waals surface area contributed by atoms with Crippen LogP contribution in [-0.2, 0) is 6.42 Å². The monoisotopic (exact) mass is 442 g/mol. The Morgan fingerprint density at radius 2 is 1.94 bits per heavy atom. The Kier molecular flexibility index (Phi) is 5.58. The molecule has 2 aliphatic rings. The Bertz CT molecular complexity index is 1090. The van der Waals surface area contributed by atoms with Gasteiger partial charge in [0.25, 0.3) is 0 Å². The number of rotatable bonds is 5. The van der Waals surface area contributed by atoms with Crippen molar-refractivity contribution in [1.29, 1.82) is 5.41 Å². The number of nitrogens with one attached hydrogen (secondary N) is 1. The summed E-state index contributed by atoms with van der Waals surface area (Å²) in [5, 5.41) is 6.98. The second-order valence-electron chi connectivity index (χ2n) is 7.95. The van der Waals surface area contributed by atoms with E-state index in [1.807, 2.05) is 18.2 Å². The molecular weight excluding hydrogens is 421 g/mol. The average molecular weight is 442 g/mol. The van der Waals surface area contributed by atoms with Crippen molar-refractivity contribution in [2.45, 2.75) is 31.0 Å². The molecule has 2 aromatic rings. The number of likely N-dealkylation sites (tertiary alicyclic amines) is 1. The van der Waals surface area contributed by atoms with Gasteiger partial charge in [0.1, 0.15) is 23.5 Å². The first kappa shape index (κ1) is 21.7. The predicted molar refractivity (Wildman–Crippen MR) is 114 cm³/mol. The number of halogens is 3. The fourth-order valence-electron chi connectivity index (χ4n) is 3.97. The van der Waals surface area contributed by atoms with Gasteiger partial charge in [-0.25, -0.2) is 4.99 Å². The number of piperidine rings is 1. The van der Waals surface area contributed by atoms with Crippen molar-refractivity contribution >= 4 is 18.2 Å².